The molecule has 0 spiro atoms. The smallest absolute Gasteiger partial charge is 0.258 e. The molecule has 1 aromatic carbocycles. The lowest BCUT2D eigenvalue weighted by molar-refractivity contribution is -0.122. The van der Waals surface area contributed by atoms with Crippen molar-refractivity contribution in [2.75, 3.05) is 19.7 Å². The maximum atomic E-state index is 11.3. The first-order valence-corrected chi connectivity index (χ1v) is 6.77. The second-order valence-corrected chi connectivity index (χ2v) is 4.47. The van der Waals surface area contributed by atoms with Crippen molar-refractivity contribution in [3.8, 4) is 11.8 Å². The fourth-order valence-corrected chi connectivity index (χ4v) is 1.67. The number of benzene rings is 1. The summed E-state index contributed by atoms with van der Waals surface area (Å²) >= 11 is 0. The van der Waals surface area contributed by atoms with Gasteiger partial charge in [0.2, 0.25) is 0 Å². The van der Waals surface area contributed by atoms with Gasteiger partial charge in [0.15, 0.2) is 6.61 Å². The van der Waals surface area contributed by atoms with Crippen LogP contribution in [0.15, 0.2) is 24.3 Å². The molecule has 0 aromatic heterocycles. The van der Waals surface area contributed by atoms with Crippen LogP contribution < -0.4 is 15.4 Å². The maximum absolute atomic E-state index is 11.3. The topological polar surface area (TPSA) is 74.2 Å². The summed E-state index contributed by atoms with van der Waals surface area (Å²) in [4.78, 5) is 11.3. The molecule has 1 amide bonds. The molecule has 1 atom stereocenters. The van der Waals surface area contributed by atoms with Gasteiger partial charge in [-0.2, -0.15) is 5.26 Å². The summed E-state index contributed by atoms with van der Waals surface area (Å²) in [5, 5.41) is 14.2. The van der Waals surface area contributed by atoms with E-state index in [0.29, 0.717) is 11.8 Å². The van der Waals surface area contributed by atoms with Crippen LogP contribution in [0.25, 0.3) is 0 Å². The summed E-state index contributed by atoms with van der Waals surface area (Å²) in [6, 6.07) is 9.79. The van der Waals surface area contributed by atoms with Crippen molar-refractivity contribution in [3.05, 3.63) is 29.8 Å². The van der Waals surface area contributed by atoms with Gasteiger partial charge in [-0.25, -0.2) is 0 Å². The van der Waals surface area contributed by atoms with Crippen molar-refractivity contribution < 1.29 is 9.53 Å². The van der Waals surface area contributed by atoms with E-state index in [1.165, 1.54) is 5.56 Å². The minimum atomic E-state index is -0.298. The van der Waals surface area contributed by atoms with E-state index < -0.39 is 0 Å². The minimum absolute atomic E-state index is 0.00173. The third-order valence-electron chi connectivity index (χ3n) is 2.82. The quantitative estimate of drug-likeness (QED) is 0.709. The second kappa shape index (κ2) is 8.94. The van der Waals surface area contributed by atoms with E-state index in [-0.39, 0.29) is 19.1 Å². The zero-order valence-electron chi connectivity index (χ0n) is 12.0. The van der Waals surface area contributed by atoms with E-state index in [2.05, 4.69) is 24.5 Å². The van der Waals surface area contributed by atoms with E-state index in [4.69, 9.17) is 10.00 Å². The third kappa shape index (κ3) is 5.72. The zero-order chi connectivity index (χ0) is 14.8. The molecule has 0 bridgehead atoms. The van der Waals surface area contributed by atoms with E-state index in [1.807, 2.05) is 30.3 Å². The van der Waals surface area contributed by atoms with Crippen molar-refractivity contribution in [2.45, 2.75) is 26.3 Å². The van der Waals surface area contributed by atoms with Gasteiger partial charge in [0.25, 0.3) is 5.91 Å². The highest BCUT2D eigenvalue weighted by Gasteiger charge is 2.05. The number of nitrogens with zero attached hydrogens (tertiary/aromatic N) is 1. The third-order valence-corrected chi connectivity index (χ3v) is 2.82. The van der Waals surface area contributed by atoms with Crippen molar-refractivity contribution in [1.29, 1.82) is 5.26 Å². The summed E-state index contributed by atoms with van der Waals surface area (Å²) in [5.41, 5.74) is 1.18. The van der Waals surface area contributed by atoms with Crippen LogP contribution in [-0.2, 0) is 4.79 Å². The van der Waals surface area contributed by atoms with Crippen LogP contribution in [0.1, 0.15) is 31.9 Å². The molecule has 108 valence electrons. The number of nitriles is 1. The van der Waals surface area contributed by atoms with Gasteiger partial charge >= 0.3 is 0 Å². The fraction of sp³-hybridized carbons (Fsp3) is 0.467. The molecule has 0 aliphatic rings. The van der Waals surface area contributed by atoms with Gasteiger partial charge in [-0.05, 0) is 37.6 Å². The van der Waals surface area contributed by atoms with Crippen LogP contribution in [0, 0.1) is 11.3 Å². The Morgan fingerprint density at radius 1 is 1.40 bits per heavy atom. The zero-order valence-corrected chi connectivity index (χ0v) is 12.0. The lowest BCUT2D eigenvalue weighted by atomic mass is 10.1. The Hall–Kier alpha value is -2.06. The van der Waals surface area contributed by atoms with Crippen LogP contribution in [0.3, 0.4) is 0 Å². The van der Waals surface area contributed by atoms with Gasteiger partial charge < -0.3 is 15.4 Å². The average molecular weight is 275 g/mol. The molecule has 0 saturated carbocycles. The first kappa shape index (κ1) is 16.0. The highest BCUT2D eigenvalue weighted by Crippen LogP contribution is 2.17. The Kier molecular flexibility index (Phi) is 7.15. The number of carbonyl (C=O) groups is 1. The number of nitrogens with one attached hydrogen (secondary N) is 2. The lowest BCUT2D eigenvalue weighted by Gasteiger charge is -2.14. The number of hydrogen-bond donors (Lipinski definition) is 2. The van der Waals surface area contributed by atoms with Gasteiger partial charge in [0.05, 0.1) is 6.07 Å². The van der Waals surface area contributed by atoms with E-state index in [0.717, 1.165) is 13.0 Å². The van der Waals surface area contributed by atoms with Gasteiger partial charge in [0.1, 0.15) is 12.3 Å². The van der Waals surface area contributed by atoms with Crippen molar-refractivity contribution in [2.24, 2.45) is 0 Å². The number of hydrogen-bond acceptors (Lipinski definition) is 4. The normalized spacial score (nSPS) is 11.4. The average Bonchev–Trinajstić information content (AvgIpc) is 2.49. The highest BCUT2D eigenvalue weighted by molar-refractivity contribution is 5.77. The van der Waals surface area contributed by atoms with Crippen molar-refractivity contribution in [3.63, 3.8) is 0 Å². The molecule has 5 heteroatoms. The van der Waals surface area contributed by atoms with Gasteiger partial charge in [-0.1, -0.05) is 19.1 Å². The Balaban J connectivity index is 2.42. The predicted octanol–water partition coefficient (Wildman–Crippen LogP) is 1.77. The van der Waals surface area contributed by atoms with Crippen LogP contribution in [0.2, 0.25) is 0 Å². The summed E-state index contributed by atoms with van der Waals surface area (Å²) in [6.45, 7) is 5.15. The molecule has 2 N–H and O–H groups in total. The first-order valence-electron chi connectivity index (χ1n) is 6.77. The largest absolute Gasteiger partial charge is 0.484 e. The predicted molar refractivity (Wildman–Crippen MR) is 77.3 cm³/mol. The molecule has 0 radical (unpaired) electrons. The van der Waals surface area contributed by atoms with Gasteiger partial charge in [0, 0.05) is 6.04 Å². The van der Waals surface area contributed by atoms with Crippen molar-refractivity contribution >= 4 is 5.91 Å². The molecule has 20 heavy (non-hydrogen) atoms. The number of ether oxygens (including phenoxy) is 1. The standard InChI is InChI=1S/C15H21N3O2/c1-3-9-17-12(2)13-4-6-14(7-5-13)20-11-15(19)18-10-8-16/h4-7,12,17H,3,9-11H2,1-2H3,(H,18,19). The molecular formula is C15H21N3O2. The molecule has 5 nitrogen and oxygen atoms in total. The number of carbonyl (C=O) groups excluding carboxylic acids is 1. The van der Waals surface area contributed by atoms with Gasteiger partial charge in [-0.3, -0.25) is 4.79 Å². The lowest BCUT2D eigenvalue weighted by Crippen LogP contribution is -2.29. The highest BCUT2D eigenvalue weighted by atomic mass is 16.5. The van der Waals surface area contributed by atoms with Crippen LogP contribution in [0.5, 0.6) is 5.75 Å². The molecule has 0 heterocycles. The fourth-order valence-electron chi connectivity index (χ4n) is 1.67. The van der Waals surface area contributed by atoms with Gasteiger partial charge in [-0.15, -0.1) is 0 Å². The summed E-state index contributed by atoms with van der Waals surface area (Å²) in [5.74, 6) is 0.345. The monoisotopic (exact) mass is 275 g/mol. The van der Waals surface area contributed by atoms with E-state index >= 15 is 0 Å². The van der Waals surface area contributed by atoms with Crippen molar-refractivity contribution in [1.82, 2.24) is 10.6 Å². The summed E-state index contributed by atoms with van der Waals surface area (Å²) < 4.78 is 5.34. The number of amides is 1. The van der Waals surface area contributed by atoms with E-state index in [9.17, 15) is 4.79 Å². The van der Waals surface area contributed by atoms with E-state index in [1.54, 1.807) is 0 Å². The SMILES string of the molecule is CCCNC(C)c1ccc(OCC(=O)NCC#N)cc1. The molecular weight excluding hydrogens is 254 g/mol. The minimum Gasteiger partial charge on any atom is -0.484 e. The molecule has 0 saturated heterocycles. The Morgan fingerprint density at radius 2 is 2.10 bits per heavy atom. The molecule has 0 fully saturated rings. The summed E-state index contributed by atoms with van der Waals surface area (Å²) in [7, 11) is 0. The van der Waals surface area contributed by atoms with Crippen LogP contribution in [-0.4, -0.2) is 25.6 Å². The second-order valence-electron chi connectivity index (χ2n) is 4.47. The maximum Gasteiger partial charge on any atom is 0.258 e. The summed E-state index contributed by atoms with van der Waals surface area (Å²) in [6.07, 6.45) is 1.10. The molecule has 1 aromatic rings. The Labute approximate surface area is 119 Å². The Morgan fingerprint density at radius 3 is 2.70 bits per heavy atom. The molecule has 1 unspecified atom stereocenters. The molecule has 1 rings (SSSR count). The van der Waals surface area contributed by atoms with Crippen LogP contribution in [0.4, 0.5) is 0 Å². The first-order chi connectivity index (χ1) is 9.67. The molecule has 0 aliphatic carbocycles. The molecule has 0 aliphatic heterocycles. The Bertz CT molecular complexity index is 451. The number of rotatable bonds is 8. The van der Waals surface area contributed by atoms with Crippen LogP contribution >= 0.6 is 0 Å².